The minimum absolute atomic E-state index is 0.103. The van der Waals surface area contributed by atoms with Crippen molar-refractivity contribution in [2.75, 3.05) is 23.0 Å². The van der Waals surface area contributed by atoms with Crippen LogP contribution in [0.4, 0.5) is 15.8 Å². The number of hydrogen-bond acceptors (Lipinski definition) is 5. The van der Waals surface area contributed by atoms with E-state index in [-0.39, 0.29) is 18.0 Å². The number of rotatable bonds is 6. The van der Waals surface area contributed by atoms with Gasteiger partial charge in [0.2, 0.25) is 5.91 Å². The SMILES string of the molecule is NC(=O)C1CC(C(=O)NCc2ccccc2N2CCCC2)=NN1c1ccc(F)cc1. The molecule has 2 aliphatic rings. The summed E-state index contributed by atoms with van der Waals surface area (Å²) in [7, 11) is 0. The molecule has 3 N–H and O–H groups in total. The standard InChI is InChI=1S/C22H24FN5O2/c23-16-7-9-17(10-8-16)28-20(21(24)29)13-18(26-28)22(30)25-14-15-5-1-2-6-19(15)27-11-3-4-12-27/h1-2,5-10,20H,3-4,11-14H2,(H2,24,29)(H,25,30). The van der Waals surface area contributed by atoms with Crippen LogP contribution in [0.25, 0.3) is 0 Å². The highest BCUT2D eigenvalue weighted by Gasteiger charge is 2.35. The number of anilines is 2. The minimum Gasteiger partial charge on any atom is -0.371 e. The van der Waals surface area contributed by atoms with Crippen molar-refractivity contribution in [2.24, 2.45) is 10.8 Å². The molecule has 0 bridgehead atoms. The van der Waals surface area contributed by atoms with E-state index < -0.39 is 17.8 Å². The second kappa shape index (κ2) is 8.52. The highest BCUT2D eigenvalue weighted by atomic mass is 19.1. The first-order valence-electron chi connectivity index (χ1n) is 10.1. The number of carbonyl (C=O) groups excluding carboxylic acids is 2. The summed E-state index contributed by atoms with van der Waals surface area (Å²) in [6.45, 7) is 2.40. The highest BCUT2D eigenvalue weighted by molar-refractivity contribution is 6.40. The Morgan fingerprint density at radius 1 is 1.10 bits per heavy atom. The first kappa shape index (κ1) is 19.9. The summed E-state index contributed by atoms with van der Waals surface area (Å²) in [6, 6.07) is 12.8. The van der Waals surface area contributed by atoms with Gasteiger partial charge in [-0.05, 0) is 48.7 Å². The van der Waals surface area contributed by atoms with Crippen molar-refractivity contribution in [2.45, 2.75) is 31.8 Å². The van der Waals surface area contributed by atoms with E-state index in [2.05, 4.69) is 21.4 Å². The summed E-state index contributed by atoms with van der Waals surface area (Å²) >= 11 is 0. The summed E-state index contributed by atoms with van der Waals surface area (Å²) in [5, 5.41) is 8.60. The van der Waals surface area contributed by atoms with E-state index in [1.54, 1.807) is 0 Å². The summed E-state index contributed by atoms with van der Waals surface area (Å²) < 4.78 is 13.2. The number of nitrogens with two attached hydrogens (primary N) is 1. The van der Waals surface area contributed by atoms with Gasteiger partial charge in [0.1, 0.15) is 17.6 Å². The molecule has 1 saturated heterocycles. The molecule has 2 aliphatic heterocycles. The van der Waals surface area contributed by atoms with Crippen molar-refractivity contribution in [1.29, 1.82) is 0 Å². The number of hydrogen-bond donors (Lipinski definition) is 2. The predicted molar refractivity (Wildman–Crippen MR) is 114 cm³/mol. The summed E-state index contributed by atoms with van der Waals surface area (Å²) in [5.41, 5.74) is 8.40. The average Bonchev–Trinajstić information content (AvgIpc) is 3.43. The molecule has 0 spiro atoms. The third kappa shape index (κ3) is 4.12. The monoisotopic (exact) mass is 409 g/mol. The summed E-state index contributed by atoms with van der Waals surface area (Å²) in [5.74, 6) is -1.33. The van der Waals surface area contributed by atoms with Gasteiger partial charge in [-0.3, -0.25) is 14.6 Å². The molecule has 8 heteroatoms. The molecule has 4 rings (SSSR count). The van der Waals surface area contributed by atoms with Gasteiger partial charge in [-0.1, -0.05) is 18.2 Å². The second-order valence-electron chi connectivity index (χ2n) is 7.50. The van der Waals surface area contributed by atoms with Crippen LogP contribution in [0.1, 0.15) is 24.8 Å². The quantitative estimate of drug-likeness (QED) is 0.765. The van der Waals surface area contributed by atoms with Crippen LogP contribution in [0, 0.1) is 5.82 Å². The van der Waals surface area contributed by atoms with Crippen molar-refractivity contribution in [3.8, 4) is 0 Å². The van der Waals surface area contributed by atoms with Crippen LogP contribution in [0.3, 0.4) is 0 Å². The van der Waals surface area contributed by atoms with E-state index in [0.29, 0.717) is 12.2 Å². The maximum atomic E-state index is 13.2. The van der Waals surface area contributed by atoms with Crippen molar-refractivity contribution in [3.05, 3.63) is 59.9 Å². The van der Waals surface area contributed by atoms with Crippen LogP contribution in [0.15, 0.2) is 53.6 Å². The molecule has 30 heavy (non-hydrogen) atoms. The molecule has 0 saturated carbocycles. The molecule has 1 unspecified atom stereocenters. The lowest BCUT2D eigenvalue weighted by Gasteiger charge is -2.21. The Morgan fingerprint density at radius 2 is 1.80 bits per heavy atom. The van der Waals surface area contributed by atoms with Gasteiger partial charge in [-0.2, -0.15) is 5.10 Å². The van der Waals surface area contributed by atoms with Crippen LogP contribution < -0.4 is 21.0 Å². The van der Waals surface area contributed by atoms with Gasteiger partial charge in [0, 0.05) is 31.7 Å². The fourth-order valence-electron chi connectivity index (χ4n) is 3.91. The molecule has 0 aliphatic carbocycles. The van der Waals surface area contributed by atoms with E-state index >= 15 is 0 Å². The Balaban J connectivity index is 1.48. The smallest absolute Gasteiger partial charge is 0.267 e. The Hall–Kier alpha value is -3.42. The average molecular weight is 409 g/mol. The summed E-state index contributed by atoms with van der Waals surface area (Å²) in [4.78, 5) is 27.0. The van der Waals surface area contributed by atoms with Gasteiger partial charge in [0.25, 0.3) is 5.91 Å². The molecule has 0 aromatic heterocycles. The lowest BCUT2D eigenvalue weighted by molar-refractivity contribution is -0.119. The van der Waals surface area contributed by atoms with Crippen molar-refractivity contribution < 1.29 is 14.0 Å². The number of primary amides is 1. The molecule has 1 fully saturated rings. The number of halogens is 1. The van der Waals surface area contributed by atoms with E-state index in [9.17, 15) is 14.0 Å². The van der Waals surface area contributed by atoms with Gasteiger partial charge < -0.3 is 16.0 Å². The molecule has 2 amide bonds. The predicted octanol–water partition coefficient (Wildman–Crippen LogP) is 2.16. The number of nitrogens with zero attached hydrogens (tertiary/aromatic N) is 3. The Bertz CT molecular complexity index is 970. The number of hydrazone groups is 1. The van der Waals surface area contributed by atoms with Gasteiger partial charge in [0.15, 0.2) is 0 Å². The zero-order chi connectivity index (χ0) is 21.1. The number of nitrogens with one attached hydrogen (secondary N) is 1. The van der Waals surface area contributed by atoms with Crippen LogP contribution in [-0.4, -0.2) is 36.7 Å². The Kier molecular flexibility index (Phi) is 5.65. The number of carbonyl (C=O) groups is 2. The van der Waals surface area contributed by atoms with Crippen molar-refractivity contribution >= 4 is 28.9 Å². The molecule has 2 aromatic rings. The molecule has 0 radical (unpaired) electrons. The first-order chi connectivity index (χ1) is 14.5. The first-order valence-corrected chi connectivity index (χ1v) is 10.1. The summed E-state index contributed by atoms with van der Waals surface area (Å²) in [6.07, 6.45) is 2.45. The third-order valence-electron chi connectivity index (χ3n) is 5.47. The van der Waals surface area contributed by atoms with Crippen LogP contribution in [0.5, 0.6) is 0 Å². The molecular weight excluding hydrogens is 385 g/mol. The van der Waals surface area contributed by atoms with Crippen molar-refractivity contribution in [1.82, 2.24) is 5.32 Å². The van der Waals surface area contributed by atoms with E-state index in [4.69, 9.17) is 5.73 Å². The maximum Gasteiger partial charge on any atom is 0.267 e. The fraction of sp³-hybridized carbons (Fsp3) is 0.318. The maximum absolute atomic E-state index is 13.2. The van der Waals surface area contributed by atoms with E-state index in [1.165, 1.54) is 42.1 Å². The molecule has 7 nitrogen and oxygen atoms in total. The highest BCUT2D eigenvalue weighted by Crippen LogP contribution is 2.26. The van der Waals surface area contributed by atoms with Gasteiger partial charge >= 0.3 is 0 Å². The molecule has 156 valence electrons. The molecule has 1 atom stereocenters. The molecule has 2 aromatic carbocycles. The topological polar surface area (TPSA) is 91.0 Å². The van der Waals surface area contributed by atoms with Crippen molar-refractivity contribution in [3.63, 3.8) is 0 Å². The second-order valence-corrected chi connectivity index (χ2v) is 7.50. The molecule has 2 heterocycles. The largest absolute Gasteiger partial charge is 0.371 e. The van der Waals surface area contributed by atoms with E-state index in [0.717, 1.165) is 24.3 Å². The van der Waals surface area contributed by atoms with E-state index in [1.807, 2.05) is 18.2 Å². The fourth-order valence-corrected chi connectivity index (χ4v) is 3.91. The van der Waals surface area contributed by atoms with Crippen LogP contribution in [-0.2, 0) is 16.1 Å². The Morgan fingerprint density at radius 3 is 2.50 bits per heavy atom. The van der Waals surface area contributed by atoms with Crippen LogP contribution >= 0.6 is 0 Å². The lowest BCUT2D eigenvalue weighted by Crippen LogP contribution is -2.39. The molecular formula is C22H24FN5O2. The van der Waals surface area contributed by atoms with Gasteiger partial charge in [-0.15, -0.1) is 0 Å². The normalized spacial score (nSPS) is 18.4. The third-order valence-corrected chi connectivity index (χ3v) is 5.47. The lowest BCUT2D eigenvalue weighted by atomic mass is 10.1. The van der Waals surface area contributed by atoms with Gasteiger partial charge in [-0.25, -0.2) is 4.39 Å². The Labute approximate surface area is 174 Å². The van der Waals surface area contributed by atoms with Crippen LogP contribution in [0.2, 0.25) is 0 Å². The number of para-hydroxylation sites is 1. The van der Waals surface area contributed by atoms with Gasteiger partial charge in [0.05, 0.1) is 5.69 Å². The number of benzene rings is 2. The zero-order valence-electron chi connectivity index (χ0n) is 16.6. The minimum atomic E-state index is -0.784. The zero-order valence-corrected chi connectivity index (χ0v) is 16.6. The number of amides is 2.